The summed E-state index contributed by atoms with van der Waals surface area (Å²) in [5, 5.41) is 19.0. The number of carbonyl (C=O) groups is 2. The van der Waals surface area contributed by atoms with Gasteiger partial charge in [0.25, 0.3) is 0 Å². The van der Waals surface area contributed by atoms with Gasteiger partial charge in [-0.1, -0.05) is 78.3 Å². The lowest BCUT2D eigenvalue weighted by Crippen LogP contribution is -2.49. The van der Waals surface area contributed by atoms with Gasteiger partial charge in [0.1, 0.15) is 24.2 Å². The van der Waals surface area contributed by atoms with Crippen molar-refractivity contribution in [1.82, 2.24) is 21.3 Å². The van der Waals surface area contributed by atoms with Gasteiger partial charge in [-0.3, -0.25) is 9.59 Å². The van der Waals surface area contributed by atoms with E-state index in [1.165, 1.54) is 18.6 Å². The normalized spacial score (nSPS) is 15.7. The number of aryl methyl sites for hydroxylation is 1. The molecule has 1 heterocycles. The first-order valence-corrected chi connectivity index (χ1v) is 15.2. The molecule has 2 amide bonds. The number of halogens is 1. The first kappa shape index (κ1) is 41.5. The summed E-state index contributed by atoms with van der Waals surface area (Å²) in [6, 6.07) is 13.3. The fraction of sp³-hybridized carbons (Fsp3) is 0.515. The molecule has 1 unspecified atom stereocenters. The Hall–Kier alpha value is -3.63. The number of amides is 2. The molecule has 244 valence electrons. The Balaban J connectivity index is 0. The van der Waals surface area contributed by atoms with Crippen LogP contribution in [0.4, 0.5) is 10.1 Å². The fourth-order valence-electron chi connectivity index (χ4n) is 3.51. The second kappa shape index (κ2) is 28.5. The maximum absolute atomic E-state index is 12.5. The standard InChI is InChI=1S/C21H32N4O3.C6H6FN.C3H8.C2H6.CH4O/c1-3-7-18-21(27)23-11-6-9-17-8-4-5-10-19(17)28-13-12-22-14-16(2)24-15-20(26)25-18;7-5-2-1-3-6(8)4-5;1-3-2;2*1-2/h4-5,8,10,18,22,24H,2-3,6-7,9,11-15H2,1H3,(H,23,27)(H,25,26);1-4H,8H2;3H2,1-2H3;1-2H3;2H,1H3. The van der Waals surface area contributed by atoms with Crippen LogP contribution >= 0.6 is 0 Å². The highest BCUT2D eigenvalue weighted by Gasteiger charge is 2.19. The SMILES string of the molecule is C=C1CNCCOc2ccccc2CCCNC(=O)C(CCC)NC(=O)CN1.CC.CCC.CO.Nc1cccc(F)c1. The predicted octanol–water partition coefficient (Wildman–Crippen LogP) is 4.56. The van der Waals surface area contributed by atoms with Crippen LogP contribution < -0.4 is 31.7 Å². The third-order valence-corrected chi connectivity index (χ3v) is 5.35. The number of nitrogen functional groups attached to an aromatic ring is 1. The number of aliphatic hydroxyl groups is 1. The second-order valence-corrected chi connectivity index (χ2v) is 9.16. The zero-order valence-corrected chi connectivity index (χ0v) is 27.1. The number of nitrogens with one attached hydrogen (secondary N) is 4. The Kier molecular flexibility index (Phi) is 27.5. The molecule has 43 heavy (non-hydrogen) atoms. The van der Waals surface area contributed by atoms with E-state index in [0.29, 0.717) is 44.0 Å². The lowest BCUT2D eigenvalue weighted by Gasteiger charge is -2.19. The van der Waals surface area contributed by atoms with Crippen LogP contribution in [-0.4, -0.2) is 62.9 Å². The predicted molar refractivity (Wildman–Crippen MR) is 176 cm³/mol. The van der Waals surface area contributed by atoms with Gasteiger partial charge in [0, 0.05) is 38.1 Å². The lowest BCUT2D eigenvalue weighted by molar-refractivity contribution is -0.128. The van der Waals surface area contributed by atoms with Gasteiger partial charge in [-0.25, -0.2) is 4.39 Å². The minimum atomic E-state index is -0.514. The molecule has 2 aromatic rings. The van der Waals surface area contributed by atoms with Gasteiger partial charge in [0.05, 0.1) is 6.54 Å². The largest absolute Gasteiger partial charge is 0.492 e. The molecule has 0 radical (unpaired) electrons. The van der Waals surface area contributed by atoms with Crippen molar-refractivity contribution in [3.63, 3.8) is 0 Å². The molecular formula is C33H56FN5O4. The number of hydrogen-bond acceptors (Lipinski definition) is 7. The highest BCUT2D eigenvalue weighted by atomic mass is 19.1. The van der Waals surface area contributed by atoms with Gasteiger partial charge in [0.2, 0.25) is 11.8 Å². The minimum absolute atomic E-state index is 0.0951. The van der Waals surface area contributed by atoms with Crippen molar-refractivity contribution < 1.29 is 23.8 Å². The van der Waals surface area contributed by atoms with Crippen molar-refractivity contribution in [3.8, 4) is 5.75 Å². The number of hydrogen-bond donors (Lipinski definition) is 6. The average Bonchev–Trinajstić information content (AvgIpc) is 3.00. The zero-order valence-electron chi connectivity index (χ0n) is 27.1. The van der Waals surface area contributed by atoms with E-state index in [2.05, 4.69) is 47.8 Å². The molecule has 10 heteroatoms. The molecule has 0 aliphatic carbocycles. The van der Waals surface area contributed by atoms with Crippen molar-refractivity contribution in [3.05, 3.63) is 72.2 Å². The summed E-state index contributed by atoms with van der Waals surface area (Å²) in [5.41, 5.74) is 7.52. The van der Waals surface area contributed by atoms with Crippen LogP contribution in [0.1, 0.15) is 65.9 Å². The number of carbonyl (C=O) groups excluding carboxylic acids is 2. The number of benzene rings is 2. The number of fused-ring (bicyclic) bond motifs is 1. The van der Waals surface area contributed by atoms with Crippen LogP contribution in [0.5, 0.6) is 5.75 Å². The third kappa shape index (κ3) is 21.7. The third-order valence-electron chi connectivity index (χ3n) is 5.35. The molecule has 0 saturated carbocycles. The summed E-state index contributed by atoms with van der Waals surface area (Å²) in [4.78, 5) is 24.6. The number of aliphatic hydroxyl groups excluding tert-OH is 1. The minimum Gasteiger partial charge on any atom is -0.492 e. The highest BCUT2D eigenvalue weighted by molar-refractivity contribution is 5.88. The topological polar surface area (TPSA) is 138 Å². The van der Waals surface area contributed by atoms with Crippen LogP contribution in [0.15, 0.2) is 60.8 Å². The van der Waals surface area contributed by atoms with E-state index < -0.39 is 6.04 Å². The van der Waals surface area contributed by atoms with E-state index in [1.807, 2.05) is 39.0 Å². The average molecular weight is 606 g/mol. The molecule has 2 aromatic carbocycles. The summed E-state index contributed by atoms with van der Waals surface area (Å²) >= 11 is 0. The van der Waals surface area contributed by atoms with Crippen molar-refractivity contribution in [1.29, 1.82) is 0 Å². The Morgan fingerprint density at radius 3 is 2.28 bits per heavy atom. The maximum Gasteiger partial charge on any atom is 0.242 e. The number of rotatable bonds is 2. The van der Waals surface area contributed by atoms with E-state index in [0.717, 1.165) is 37.7 Å². The molecule has 1 aliphatic heterocycles. The Bertz CT molecular complexity index is 990. The van der Waals surface area contributed by atoms with E-state index in [4.69, 9.17) is 15.6 Å². The molecule has 1 atom stereocenters. The fourth-order valence-corrected chi connectivity index (χ4v) is 3.51. The highest BCUT2D eigenvalue weighted by Crippen LogP contribution is 2.19. The molecule has 0 spiro atoms. The van der Waals surface area contributed by atoms with Gasteiger partial charge < -0.3 is 36.8 Å². The molecule has 0 saturated heterocycles. The van der Waals surface area contributed by atoms with E-state index >= 15 is 0 Å². The summed E-state index contributed by atoms with van der Waals surface area (Å²) in [6.07, 6.45) is 4.29. The first-order valence-electron chi connectivity index (χ1n) is 15.2. The lowest BCUT2D eigenvalue weighted by atomic mass is 10.1. The summed E-state index contributed by atoms with van der Waals surface area (Å²) in [6.45, 7) is 16.6. The van der Waals surface area contributed by atoms with Gasteiger partial charge in [-0.05, 0) is 49.1 Å². The van der Waals surface area contributed by atoms with Crippen LogP contribution in [0.25, 0.3) is 0 Å². The van der Waals surface area contributed by atoms with Gasteiger partial charge in [0.15, 0.2) is 0 Å². The summed E-state index contributed by atoms with van der Waals surface area (Å²) in [5.74, 6) is 0.240. The van der Waals surface area contributed by atoms with Crippen molar-refractivity contribution >= 4 is 17.5 Å². The molecule has 0 bridgehead atoms. The Morgan fingerprint density at radius 2 is 1.67 bits per heavy atom. The second-order valence-electron chi connectivity index (χ2n) is 9.16. The monoisotopic (exact) mass is 605 g/mol. The molecular weight excluding hydrogens is 549 g/mol. The molecule has 7 N–H and O–H groups in total. The van der Waals surface area contributed by atoms with Crippen LogP contribution in [0, 0.1) is 5.82 Å². The quantitative estimate of drug-likeness (QED) is 0.276. The van der Waals surface area contributed by atoms with Crippen molar-refractivity contribution in [2.24, 2.45) is 0 Å². The van der Waals surface area contributed by atoms with Crippen LogP contribution in [-0.2, 0) is 16.0 Å². The van der Waals surface area contributed by atoms with E-state index in [-0.39, 0.29) is 24.2 Å². The first-order chi connectivity index (χ1) is 20.8. The van der Waals surface area contributed by atoms with E-state index in [1.54, 1.807) is 12.1 Å². The van der Waals surface area contributed by atoms with Gasteiger partial charge in [-0.2, -0.15) is 0 Å². The van der Waals surface area contributed by atoms with Crippen LogP contribution in [0.3, 0.4) is 0 Å². The summed E-state index contributed by atoms with van der Waals surface area (Å²) in [7, 11) is 1.00. The molecule has 0 fully saturated rings. The molecule has 3 rings (SSSR count). The molecule has 0 aromatic heterocycles. The molecule has 1 aliphatic rings. The Morgan fingerprint density at radius 1 is 1.00 bits per heavy atom. The number of nitrogens with two attached hydrogens (primary N) is 1. The molecule has 9 nitrogen and oxygen atoms in total. The van der Waals surface area contributed by atoms with Gasteiger partial charge in [-0.15, -0.1) is 0 Å². The number of ether oxygens (including phenoxy) is 1. The maximum atomic E-state index is 12.5. The van der Waals surface area contributed by atoms with Crippen molar-refractivity contribution in [2.75, 3.05) is 45.6 Å². The van der Waals surface area contributed by atoms with Crippen LogP contribution in [0.2, 0.25) is 0 Å². The number of anilines is 1. The summed E-state index contributed by atoms with van der Waals surface area (Å²) < 4.78 is 18.0. The van der Waals surface area contributed by atoms with Gasteiger partial charge >= 0.3 is 0 Å². The smallest absolute Gasteiger partial charge is 0.242 e. The Labute approximate surface area is 258 Å². The van der Waals surface area contributed by atoms with E-state index in [9.17, 15) is 14.0 Å². The number of para-hydroxylation sites is 1. The zero-order chi connectivity index (χ0) is 32.9. The van der Waals surface area contributed by atoms with Crippen molar-refractivity contribution in [2.45, 2.75) is 72.8 Å².